The van der Waals surface area contributed by atoms with E-state index in [0.29, 0.717) is 34.6 Å². The van der Waals surface area contributed by atoms with E-state index in [1.54, 1.807) is 53.2 Å². The standard InChI is InChI=1S/C23H20N4O3/c1-15(28)18-5-3-6-20(13-18)27-22-21(7-4-12-24-22)26(23(27)30)14-17-8-10-19(11-9-17)25-16(2)29/h3-13H,14H2,1-2H3,(H,25,29). The number of carbonyl (C=O) groups excluding carboxylic acids is 2. The summed E-state index contributed by atoms with van der Waals surface area (Å²) in [6.45, 7) is 3.30. The van der Waals surface area contributed by atoms with Crippen LogP contribution in [0.5, 0.6) is 0 Å². The number of amides is 1. The predicted octanol–water partition coefficient (Wildman–Crippen LogP) is 3.40. The Kier molecular flexibility index (Phi) is 5.02. The number of anilines is 1. The van der Waals surface area contributed by atoms with Crippen LogP contribution in [0.4, 0.5) is 5.69 Å². The number of hydrogen-bond acceptors (Lipinski definition) is 4. The Morgan fingerprint density at radius 2 is 1.77 bits per heavy atom. The van der Waals surface area contributed by atoms with Gasteiger partial charge in [0.25, 0.3) is 0 Å². The lowest BCUT2D eigenvalue weighted by molar-refractivity contribution is -0.114. The third-order valence-corrected chi connectivity index (χ3v) is 4.82. The van der Waals surface area contributed by atoms with Crippen LogP contribution < -0.4 is 11.0 Å². The Morgan fingerprint density at radius 3 is 2.47 bits per heavy atom. The van der Waals surface area contributed by atoms with E-state index < -0.39 is 0 Å². The fraction of sp³-hybridized carbons (Fsp3) is 0.130. The largest absolute Gasteiger partial charge is 0.335 e. The van der Waals surface area contributed by atoms with Gasteiger partial charge in [0.15, 0.2) is 11.4 Å². The van der Waals surface area contributed by atoms with Crippen LogP contribution in [0.3, 0.4) is 0 Å². The molecule has 0 saturated heterocycles. The number of aromatic nitrogens is 3. The summed E-state index contributed by atoms with van der Waals surface area (Å²) in [7, 11) is 0. The highest BCUT2D eigenvalue weighted by Gasteiger charge is 2.16. The van der Waals surface area contributed by atoms with Crippen molar-refractivity contribution in [1.82, 2.24) is 14.1 Å². The number of rotatable bonds is 5. The van der Waals surface area contributed by atoms with Crippen LogP contribution in [0.2, 0.25) is 0 Å². The first kappa shape index (κ1) is 19.3. The number of ketones is 1. The van der Waals surface area contributed by atoms with Gasteiger partial charge in [-0.15, -0.1) is 0 Å². The van der Waals surface area contributed by atoms with E-state index in [-0.39, 0.29) is 17.4 Å². The van der Waals surface area contributed by atoms with Gasteiger partial charge in [-0.1, -0.05) is 24.3 Å². The van der Waals surface area contributed by atoms with Gasteiger partial charge in [-0.3, -0.25) is 14.2 Å². The zero-order valence-electron chi connectivity index (χ0n) is 16.6. The molecule has 2 aromatic heterocycles. The van der Waals surface area contributed by atoms with Gasteiger partial charge >= 0.3 is 5.69 Å². The third kappa shape index (κ3) is 3.65. The second kappa shape index (κ2) is 7.79. The molecule has 0 aliphatic carbocycles. The van der Waals surface area contributed by atoms with Crippen LogP contribution >= 0.6 is 0 Å². The number of hydrogen-bond donors (Lipinski definition) is 1. The van der Waals surface area contributed by atoms with E-state index in [9.17, 15) is 14.4 Å². The SMILES string of the molecule is CC(=O)Nc1ccc(Cn2c(=O)n(-c3cccc(C(C)=O)c3)c3ncccc32)cc1. The first-order chi connectivity index (χ1) is 14.4. The Bertz CT molecular complexity index is 1320. The van der Waals surface area contributed by atoms with Gasteiger partial charge in [0.2, 0.25) is 5.91 Å². The van der Waals surface area contributed by atoms with Gasteiger partial charge in [0.05, 0.1) is 17.7 Å². The normalized spacial score (nSPS) is 10.9. The van der Waals surface area contributed by atoms with E-state index in [1.165, 1.54) is 18.4 Å². The van der Waals surface area contributed by atoms with Crippen molar-refractivity contribution in [3.8, 4) is 5.69 Å². The van der Waals surface area contributed by atoms with Crippen molar-refractivity contribution in [2.45, 2.75) is 20.4 Å². The van der Waals surface area contributed by atoms with Crippen LogP contribution in [0.25, 0.3) is 16.9 Å². The predicted molar refractivity (Wildman–Crippen MR) is 115 cm³/mol. The lowest BCUT2D eigenvalue weighted by Crippen LogP contribution is -2.24. The van der Waals surface area contributed by atoms with Crippen LogP contribution in [0.1, 0.15) is 29.8 Å². The molecule has 7 nitrogen and oxygen atoms in total. The molecule has 150 valence electrons. The quantitative estimate of drug-likeness (QED) is 0.520. The summed E-state index contributed by atoms with van der Waals surface area (Å²) in [5, 5.41) is 2.73. The Morgan fingerprint density at radius 1 is 1.00 bits per heavy atom. The molecule has 30 heavy (non-hydrogen) atoms. The highest BCUT2D eigenvalue weighted by Crippen LogP contribution is 2.19. The molecule has 1 amide bonds. The molecule has 0 aliphatic heterocycles. The molecule has 2 heterocycles. The molecule has 0 atom stereocenters. The lowest BCUT2D eigenvalue weighted by atomic mass is 10.1. The summed E-state index contributed by atoms with van der Waals surface area (Å²) in [5.41, 5.74) is 3.71. The molecule has 7 heteroatoms. The molecule has 0 radical (unpaired) electrons. The summed E-state index contributed by atoms with van der Waals surface area (Å²) >= 11 is 0. The fourth-order valence-corrected chi connectivity index (χ4v) is 3.41. The molecule has 4 aromatic rings. The van der Waals surface area contributed by atoms with E-state index in [2.05, 4.69) is 10.3 Å². The number of imidazole rings is 1. The van der Waals surface area contributed by atoms with E-state index >= 15 is 0 Å². The summed E-state index contributed by atoms with van der Waals surface area (Å²) in [6.07, 6.45) is 1.64. The first-order valence-electron chi connectivity index (χ1n) is 9.48. The minimum Gasteiger partial charge on any atom is -0.326 e. The van der Waals surface area contributed by atoms with Crippen molar-refractivity contribution < 1.29 is 9.59 Å². The maximum absolute atomic E-state index is 13.3. The molecule has 2 aromatic carbocycles. The minimum atomic E-state index is -0.240. The Balaban J connectivity index is 1.80. The summed E-state index contributed by atoms with van der Waals surface area (Å²) < 4.78 is 3.17. The Labute approximate surface area is 172 Å². The number of nitrogens with one attached hydrogen (secondary N) is 1. The third-order valence-electron chi connectivity index (χ3n) is 4.82. The zero-order chi connectivity index (χ0) is 21.3. The number of carbonyl (C=O) groups is 2. The van der Waals surface area contributed by atoms with Crippen LogP contribution in [-0.4, -0.2) is 25.8 Å². The molecule has 0 aliphatic rings. The summed E-state index contributed by atoms with van der Waals surface area (Å²) in [4.78, 5) is 40.7. The average Bonchev–Trinajstić information content (AvgIpc) is 3.01. The van der Waals surface area contributed by atoms with Gasteiger partial charge in [0.1, 0.15) is 0 Å². The monoisotopic (exact) mass is 400 g/mol. The topological polar surface area (TPSA) is 86.0 Å². The zero-order valence-corrected chi connectivity index (χ0v) is 16.6. The summed E-state index contributed by atoms with van der Waals surface area (Å²) in [5.74, 6) is -0.207. The molecule has 0 bridgehead atoms. The van der Waals surface area contributed by atoms with E-state index in [4.69, 9.17) is 0 Å². The average molecular weight is 400 g/mol. The first-order valence-corrected chi connectivity index (χ1v) is 9.48. The number of Topliss-reactive ketones (excluding diaryl/α,β-unsaturated/α-hetero) is 1. The van der Waals surface area contributed by atoms with Crippen molar-refractivity contribution in [1.29, 1.82) is 0 Å². The van der Waals surface area contributed by atoms with Gasteiger partial charge in [-0.05, 0) is 48.9 Å². The van der Waals surface area contributed by atoms with Crippen molar-refractivity contribution in [2.75, 3.05) is 5.32 Å². The number of pyridine rings is 1. The molecule has 0 unspecified atom stereocenters. The molecular weight excluding hydrogens is 380 g/mol. The highest BCUT2D eigenvalue weighted by molar-refractivity contribution is 5.94. The minimum absolute atomic E-state index is 0.0687. The maximum atomic E-state index is 13.3. The number of fused-ring (bicyclic) bond motifs is 1. The molecule has 4 rings (SSSR count). The molecule has 0 fully saturated rings. The molecular formula is C23H20N4O3. The molecule has 0 spiro atoms. The highest BCUT2D eigenvalue weighted by atomic mass is 16.2. The van der Waals surface area contributed by atoms with Gasteiger partial charge < -0.3 is 5.32 Å². The van der Waals surface area contributed by atoms with Gasteiger partial charge in [-0.2, -0.15) is 0 Å². The van der Waals surface area contributed by atoms with Gasteiger partial charge in [-0.25, -0.2) is 14.3 Å². The van der Waals surface area contributed by atoms with Crippen molar-refractivity contribution >= 4 is 28.5 Å². The van der Waals surface area contributed by atoms with Gasteiger partial charge in [0, 0.05) is 24.4 Å². The molecule has 1 N–H and O–H groups in total. The van der Waals surface area contributed by atoms with Crippen LogP contribution in [0.15, 0.2) is 71.7 Å². The van der Waals surface area contributed by atoms with Crippen molar-refractivity contribution in [2.24, 2.45) is 0 Å². The van der Waals surface area contributed by atoms with E-state index in [0.717, 1.165) is 5.56 Å². The lowest BCUT2D eigenvalue weighted by Gasteiger charge is -2.06. The van der Waals surface area contributed by atoms with Crippen molar-refractivity contribution in [3.05, 3.63) is 88.5 Å². The number of nitrogens with zero attached hydrogens (tertiary/aromatic N) is 3. The summed E-state index contributed by atoms with van der Waals surface area (Å²) in [6, 6.07) is 17.9. The second-order valence-corrected chi connectivity index (χ2v) is 7.03. The smallest absolute Gasteiger partial charge is 0.326 e. The molecule has 0 saturated carbocycles. The van der Waals surface area contributed by atoms with Crippen LogP contribution in [-0.2, 0) is 11.3 Å². The second-order valence-electron chi connectivity index (χ2n) is 7.03. The number of benzene rings is 2. The van der Waals surface area contributed by atoms with Crippen LogP contribution in [0, 0.1) is 0 Å². The van der Waals surface area contributed by atoms with E-state index in [1.807, 2.05) is 18.2 Å². The maximum Gasteiger partial charge on any atom is 0.335 e. The van der Waals surface area contributed by atoms with Crippen molar-refractivity contribution in [3.63, 3.8) is 0 Å². The Hall–Kier alpha value is -4.00. The fourth-order valence-electron chi connectivity index (χ4n) is 3.41.